The van der Waals surface area contributed by atoms with Gasteiger partial charge < -0.3 is 4.74 Å². The van der Waals surface area contributed by atoms with E-state index < -0.39 is 11.3 Å². The summed E-state index contributed by atoms with van der Waals surface area (Å²) in [6, 6.07) is 13.4. The lowest BCUT2D eigenvalue weighted by molar-refractivity contribution is -0.150. The van der Waals surface area contributed by atoms with Gasteiger partial charge in [-0.05, 0) is 43.5 Å². The molecule has 0 bridgehead atoms. The summed E-state index contributed by atoms with van der Waals surface area (Å²) in [5.41, 5.74) is -1.38. The fraction of sp³-hybridized carbons (Fsp3) is 0.400. The Bertz CT molecular complexity index is 819. The summed E-state index contributed by atoms with van der Waals surface area (Å²) in [4.78, 5) is 27.6. The third kappa shape index (κ3) is 2.20. The van der Waals surface area contributed by atoms with E-state index in [2.05, 4.69) is 0 Å². The molecule has 24 heavy (non-hydrogen) atoms. The summed E-state index contributed by atoms with van der Waals surface area (Å²) in [5, 5.41) is 1.88. The molecule has 4 heteroatoms. The number of ether oxygens (including phenoxy) is 1. The van der Waals surface area contributed by atoms with E-state index in [1.54, 1.807) is 25.7 Å². The van der Waals surface area contributed by atoms with Gasteiger partial charge in [0, 0.05) is 5.56 Å². The number of amides is 1. The van der Waals surface area contributed by atoms with Crippen molar-refractivity contribution in [3.63, 3.8) is 0 Å². The number of hydrogen-bond acceptors (Lipinski definition) is 3. The quantitative estimate of drug-likeness (QED) is 0.784. The van der Waals surface area contributed by atoms with E-state index in [0.717, 1.165) is 10.8 Å². The monoisotopic (exact) mass is 325 g/mol. The number of carbonyl (C=O) groups excluding carboxylic acids is 2. The van der Waals surface area contributed by atoms with Crippen LogP contribution in [0.25, 0.3) is 10.8 Å². The van der Waals surface area contributed by atoms with E-state index >= 15 is 0 Å². The Balaban J connectivity index is 2.18. The number of nitrogens with zero attached hydrogens (tertiary/aromatic N) is 1. The number of rotatable bonds is 2. The molecule has 0 saturated carbocycles. The molecule has 0 N–H and O–H groups in total. The average Bonchev–Trinajstić information content (AvgIpc) is 2.72. The lowest BCUT2D eigenvalue weighted by Crippen LogP contribution is -2.57. The second-order valence-electron chi connectivity index (χ2n) is 7.31. The number of fused-ring (bicyclic) bond motifs is 1. The molecule has 0 radical (unpaired) electrons. The molecule has 126 valence electrons. The molecule has 2 aromatic carbocycles. The molecule has 0 unspecified atom stereocenters. The van der Waals surface area contributed by atoms with Gasteiger partial charge in [0.2, 0.25) is 0 Å². The summed E-state index contributed by atoms with van der Waals surface area (Å²) in [6.07, 6.45) is 0. The summed E-state index contributed by atoms with van der Waals surface area (Å²) in [5.74, 6) is -0.597. The number of cyclic esters (lactones) is 1. The topological polar surface area (TPSA) is 46.6 Å². The van der Waals surface area contributed by atoms with Crippen LogP contribution in [0.4, 0.5) is 0 Å². The predicted octanol–water partition coefficient (Wildman–Crippen LogP) is 3.99. The second-order valence-corrected chi connectivity index (χ2v) is 7.31. The zero-order valence-electron chi connectivity index (χ0n) is 14.8. The molecule has 0 aromatic heterocycles. The molecular formula is C20H23NO3. The van der Waals surface area contributed by atoms with Crippen molar-refractivity contribution >= 4 is 22.6 Å². The standard InChI is InChI=1S/C20H23NO3/c1-13(2)20(5)18(23)24-19(3,4)21(20)17(22)16-12-8-10-14-9-6-7-11-15(14)16/h6-13H,1-5H3/t20-/m0/s1. The molecule has 4 nitrogen and oxygen atoms in total. The summed E-state index contributed by atoms with van der Waals surface area (Å²) >= 11 is 0. The van der Waals surface area contributed by atoms with Gasteiger partial charge in [-0.15, -0.1) is 0 Å². The highest BCUT2D eigenvalue weighted by Crippen LogP contribution is 2.42. The Morgan fingerprint density at radius 2 is 1.67 bits per heavy atom. The van der Waals surface area contributed by atoms with Crippen LogP contribution in [-0.2, 0) is 9.53 Å². The van der Waals surface area contributed by atoms with E-state index in [0.29, 0.717) is 5.56 Å². The highest BCUT2D eigenvalue weighted by Gasteiger charge is 2.60. The van der Waals surface area contributed by atoms with Crippen LogP contribution in [0.2, 0.25) is 0 Å². The summed E-state index contributed by atoms with van der Waals surface area (Å²) in [7, 11) is 0. The van der Waals surface area contributed by atoms with Crippen molar-refractivity contribution < 1.29 is 14.3 Å². The van der Waals surface area contributed by atoms with Crippen LogP contribution in [-0.4, -0.2) is 28.0 Å². The Morgan fingerprint density at radius 3 is 2.33 bits per heavy atom. The molecule has 1 amide bonds. The second kappa shape index (κ2) is 5.33. The van der Waals surface area contributed by atoms with Gasteiger partial charge >= 0.3 is 5.97 Å². The van der Waals surface area contributed by atoms with Gasteiger partial charge in [0.15, 0.2) is 5.72 Å². The first-order valence-corrected chi connectivity index (χ1v) is 8.25. The van der Waals surface area contributed by atoms with Crippen LogP contribution in [0.15, 0.2) is 42.5 Å². The molecule has 1 aliphatic rings. The Labute approximate surface area is 142 Å². The third-order valence-corrected chi connectivity index (χ3v) is 5.11. The van der Waals surface area contributed by atoms with E-state index in [1.807, 2.05) is 56.3 Å². The lowest BCUT2D eigenvalue weighted by Gasteiger charge is -2.39. The average molecular weight is 325 g/mol. The maximum absolute atomic E-state index is 13.4. The van der Waals surface area contributed by atoms with Crippen molar-refractivity contribution in [1.29, 1.82) is 0 Å². The minimum absolute atomic E-state index is 0.0642. The fourth-order valence-electron chi connectivity index (χ4n) is 3.51. The van der Waals surface area contributed by atoms with Crippen LogP contribution in [0.1, 0.15) is 45.0 Å². The minimum Gasteiger partial charge on any atom is -0.438 e. The van der Waals surface area contributed by atoms with Crippen LogP contribution in [0, 0.1) is 5.92 Å². The van der Waals surface area contributed by atoms with Crippen LogP contribution < -0.4 is 0 Å². The van der Waals surface area contributed by atoms with Crippen molar-refractivity contribution in [2.24, 2.45) is 5.92 Å². The minimum atomic E-state index is -0.989. The number of benzene rings is 2. The first kappa shape index (κ1) is 16.5. The molecule has 2 aromatic rings. The normalized spacial score (nSPS) is 22.9. The van der Waals surface area contributed by atoms with Gasteiger partial charge in [0.1, 0.15) is 5.54 Å². The molecule has 3 rings (SSSR count). The Hall–Kier alpha value is -2.36. The summed E-state index contributed by atoms with van der Waals surface area (Å²) < 4.78 is 5.56. The first-order valence-electron chi connectivity index (χ1n) is 8.25. The SMILES string of the molecule is CC(C)[C@@]1(C)C(=O)OC(C)(C)N1C(=O)c1cccc2ccccc12. The molecule has 0 aliphatic carbocycles. The lowest BCUT2D eigenvalue weighted by atomic mass is 9.86. The maximum Gasteiger partial charge on any atom is 0.334 e. The molecule has 1 fully saturated rings. The zero-order valence-corrected chi connectivity index (χ0v) is 14.8. The Kier molecular flexibility index (Phi) is 3.67. The number of hydrogen-bond donors (Lipinski definition) is 0. The van der Waals surface area contributed by atoms with Gasteiger partial charge in [0.25, 0.3) is 5.91 Å². The summed E-state index contributed by atoms with van der Waals surface area (Å²) in [6.45, 7) is 9.19. The maximum atomic E-state index is 13.4. The molecule has 1 aliphatic heterocycles. The fourth-order valence-corrected chi connectivity index (χ4v) is 3.51. The van der Waals surface area contributed by atoms with Gasteiger partial charge in [-0.1, -0.05) is 50.2 Å². The molecule has 1 saturated heterocycles. The van der Waals surface area contributed by atoms with Crippen LogP contribution in [0.3, 0.4) is 0 Å². The highest BCUT2D eigenvalue weighted by molar-refractivity contribution is 6.09. The van der Waals surface area contributed by atoms with E-state index in [4.69, 9.17) is 4.74 Å². The number of esters is 1. The molecular weight excluding hydrogens is 302 g/mol. The number of carbonyl (C=O) groups is 2. The van der Waals surface area contributed by atoms with E-state index in [-0.39, 0.29) is 17.8 Å². The molecule has 1 heterocycles. The van der Waals surface area contributed by atoms with Crippen molar-refractivity contribution in [3.05, 3.63) is 48.0 Å². The van der Waals surface area contributed by atoms with Crippen molar-refractivity contribution in [3.8, 4) is 0 Å². The van der Waals surface area contributed by atoms with Crippen molar-refractivity contribution in [2.75, 3.05) is 0 Å². The van der Waals surface area contributed by atoms with Gasteiger partial charge in [0.05, 0.1) is 0 Å². The predicted molar refractivity (Wildman–Crippen MR) is 93.5 cm³/mol. The van der Waals surface area contributed by atoms with Crippen LogP contribution >= 0.6 is 0 Å². The smallest absolute Gasteiger partial charge is 0.334 e. The zero-order chi connectivity index (χ0) is 17.7. The largest absolute Gasteiger partial charge is 0.438 e. The highest BCUT2D eigenvalue weighted by atomic mass is 16.6. The van der Waals surface area contributed by atoms with E-state index in [9.17, 15) is 9.59 Å². The van der Waals surface area contributed by atoms with Gasteiger partial charge in [-0.25, -0.2) is 4.79 Å². The van der Waals surface area contributed by atoms with Gasteiger partial charge in [-0.2, -0.15) is 0 Å². The van der Waals surface area contributed by atoms with Crippen molar-refractivity contribution in [2.45, 2.75) is 45.9 Å². The van der Waals surface area contributed by atoms with Crippen LogP contribution in [0.5, 0.6) is 0 Å². The van der Waals surface area contributed by atoms with Crippen molar-refractivity contribution in [1.82, 2.24) is 4.90 Å². The molecule has 0 spiro atoms. The van der Waals surface area contributed by atoms with Gasteiger partial charge in [-0.3, -0.25) is 9.69 Å². The molecule has 1 atom stereocenters. The third-order valence-electron chi connectivity index (χ3n) is 5.11. The Morgan fingerprint density at radius 1 is 1.04 bits per heavy atom. The first-order chi connectivity index (χ1) is 11.2. The van der Waals surface area contributed by atoms with E-state index in [1.165, 1.54) is 0 Å².